The lowest BCUT2D eigenvalue weighted by atomic mass is 9.73. The van der Waals surface area contributed by atoms with Crippen LogP contribution in [-0.4, -0.2) is 8.42 Å². The molecular formula is C12H8BrFO2S. The van der Waals surface area contributed by atoms with Crippen LogP contribution < -0.4 is 0 Å². The molecule has 1 atom stereocenters. The van der Waals surface area contributed by atoms with Crippen LogP contribution in [0.2, 0.25) is 0 Å². The van der Waals surface area contributed by atoms with Crippen molar-refractivity contribution >= 4 is 25.8 Å². The third-order valence-corrected chi connectivity index (χ3v) is 5.46. The highest BCUT2D eigenvalue weighted by atomic mass is 79.9. The number of halogens is 2. The monoisotopic (exact) mass is 314 g/mol. The first-order valence-corrected chi connectivity index (χ1v) is 7.40. The summed E-state index contributed by atoms with van der Waals surface area (Å²) in [6.07, 6.45) is 8.51. The summed E-state index contributed by atoms with van der Waals surface area (Å²) in [6.45, 7) is 0. The molecule has 0 aromatic carbocycles. The van der Waals surface area contributed by atoms with Crippen LogP contribution in [0.25, 0.3) is 0 Å². The summed E-state index contributed by atoms with van der Waals surface area (Å²) in [7, 11) is -3.51. The Hall–Kier alpha value is -0.940. The predicted molar refractivity (Wildman–Crippen MR) is 67.5 cm³/mol. The topological polar surface area (TPSA) is 34.1 Å². The van der Waals surface area contributed by atoms with E-state index in [2.05, 4.69) is 15.9 Å². The second-order valence-electron chi connectivity index (χ2n) is 4.22. The second kappa shape index (κ2) is 3.29. The van der Waals surface area contributed by atoms with Crippen molar-refractivity contribution in [1.29, 1.82) is 0 Å². The van der Waals surface area contributed by atoms with Gasteiger partial charge in [0.15, 0.2) is 9.84 Å². The molecule has 88 valence electrons. The first-order valence-electron chi connectivity index (χ1n) is 5.06. The van der Waals surface area contributed by atoms with Gasteiger partial charge in [-0.25, -0.2) is 12.8 Å². The molecule has 2 nitrogen and oxygen atoms in total. The zero-order valence-corrected chi connectivity index (χ0v) is 11.1. The minimum absolute atomic E-state index is 0.252. The molecule has 3 aliphatic rings. The van der Waals surface area contributed by atoms with E-state index in [1.807, 2.05) is 6.08 Å². The third-order valence-electron chi connectivity index (χ3n) is 3.27. The molecule has 1 heterocycles. The summed E-state index contributed by atoms with van der Waals surface area (Å²) in [4.78, 5) is 0.258. The molecule has 3 rings (SSSR count). The molecule has 1 spiro atoms. The van der Waals surface area contributed by atoms with Gasteiger partial charge in [0.25, 0.3) is 0 Å². The van der Waals surface area contributed by atoms with Crippen LogP contribution in [0.4, 0.5) is 4.39 Å². The lowest BCUT2D eigenvalue weighted by molar-refractivity contribution is 0.523. The highest BCUT2D eigenvalue weighted by Gasteiger charge is 2.50. The summed E-state index contributed by atoms with van der Waals surface area (Å²) < 4.78 is 38.5. The highest BCUT2D eigenvalue weighted by Crippen LogP contribution is 2.56. The first-order chi connectivity index (χ1) is 7.96. The van der Waals surface area contributed by atoms with E-state index in [-0.39, 0.29) is 10.5 Å². The SMILES string of the molecule is O=S1(=O)C=C2C(F)=CC=CC23CC=C(Br)C=C31. The van der Waals surface area contributed by atoms with Crippen molar-refractivity contribution in [2.75, 3.05) is 0 Å². The van der Waals surface area contributed by atoms with Gasteiger partial charge in [0.2, 0.25) is 0 Å². The Morgan fingerprint density at radius 3 is 2.94 bits per heavy atom. The maximum atomic E-state index is 13.8. The molecule has 5 heteroatoms. The summed E-state index contributed by atoms with van der Waals surface area (Å²) in [5.74, 6) is -0.467. The normalized spacial score (nSPS) is 33.1. The van der Waals surface area contributed by atoms with Crippen LogP contribution >= 0.6 is 15.9 Å². The maximum Gasteiger partial charge on any atom is 0.197 e. The van der Waals surface area contributed by atoms with E-state index in [0.29, 0.717) is 6.42 Å². The van der Waals surface area contributed by atoms with Gasteiger partial charge < -0.3 is 0 Å². The zero-order chi connectivity index (χ0) is 12.3. The standard InChI is InChI=1S/C12H8BrFO2S/c13-8-3-5-12-4-1-2-10(14)9(12)7-17(15,16)11(12)6-8/h1-4,6-7H,5H2. The van der Waals surface area contributed by atoms with Crippen LogP contribution in [0, 0.1) is 5.41 Å². The van der Waals surface area contributed by atoms with Gasteiger partial charge in [0.05, 0.1) is 10.3 Å². The Balaban J connectivity index is 2.33. The van der Waals surface area contributed by atoms with Crippen molar-refractivity contribution in [1.82, 2.24) is 0 Å². The fourth-order valence-electron chi connectivity index (χ4n) is 2.47. The molecule has 17 heavy (non-hydrogen) atoms. The predicted octanol–water partition coefficient (Wildman–Crippen LogP) is 3.27. The number of sulfone groups is 1. The van der Waals surface area contributed by atoms with E-state index in [1.165, 1.54) is 6.08 Å². The minimum atomic E-state index is -3.51. The van der Waals surface area contributed by atoms with Gasteiger partial charge >= 0.3 is 0 Å². The minimum Gasteiger partial charge on any atom is -0.219 e. The Kier molecular flexibility index (Phi) is 2.16. The molecule has 0 N–H and O–H groups in total. The van der Waals surface area contributed by atoms with E-state index in [0.717, 1.165) is 9.89 Å². The van der Waals surface area contributed by atoms with E-state index in [9.17, 15) is 12.8 Å². The van der Waals surface area contributed by atoms with Crippen molar-refractivity contribution in [3.05, 3.63) is 56.6 Å². The van der Waals surface area contributed by atoms with E-state index >= 15 is 0 Å². The van der Waals surface area contributed by atoms with Gasteiger partial charge in [0.1, 0.15) is 5.83 Å². The van der Waals surface area contributed by atoms with E-state index < -0.39 is 21.1 Å². The molecule has 0 saturated carbocycles. The smallest absolute Gasteiger partial charge is 0.197 e. The maximum absolute atomic E-state index is 13.8. The van der Waals surface area contributed by atoms with Gasteiger partial charge in [-0.15, -0.1) is 0 Å². The van der Waals surface area contributed by atoms with Crippen LogP contribution in [0.15, 0.2) is 56.6 Å². The van der Waals surface area contributed by atoms with Crippen molar-refractivity contribution in [3.8, 4) is 0 Å². The van der Waals surface area contributed by atoms with Crippen LogP contribution in [-0.2, 0) is 9.84 Å². The average Bonchev–Trinajstić information content (AvgIpc) is 2.50. The molecule has 0 saturated heterocycles. The zero-order valence-electron chi connectivity index (χ0n) is 8.65. The van der Waals surface area contributed by atoms with Crippen LogP contribution in [0.5, 0.6) is 0 Å². The Morgan fingerprint density at radius 2 is 2.18 bits per heavy atom. The van der Waals surface area contributed by atoms with Gasteiger partial charge in [-0.2, -0.15) is 0 Å². The molecule has 0 fully saturated rings. The molecular weight excluding hydrogens is 307 g/mol. The fourth-order valence-corrected chi connectivity index (χ4v) is 4.83. The first kappa shape index (κ1) is 11.2. The molecule has 0 bridgehead atoms. The molecule has 0 radical (unpaired) electrons. The number of hydrogen-bond donors (Lipinski definition) is 0. The quantitative estimate of drug-likeness (QED) is 0.687. The van der Waals surface area contributed by atoms with Crippen LogP contribution in [0.3, 0.4) is 0 Å². The Labute approximate surface area is 107 Å². The summed E-state index contributed by atoms with van der Waals surface area (Å²) >= 11 is 3.27. The van der Waals surface area contributed by atoms with E-state index in [4.69, 9.17) is 0 Å². The lowest BCUT2D eigenvalue weighted by Crippen LogP contribution is -2.25. The number of hydrogen-bond acceptors (Lipinski definition) is 2. The number of allylic oxidation sites excluding steroid dienone is 9. The molecule has 0 amide bonds. The summed E-state index contributed by atoms with van der Waals surface area (Å²) in [5.41, 5.74) is -0.572. The van der Waals surface area contributed by atoms with Crippen LogP contribution in [0.1, 0.15) is 6.42 Å². The lowest BCUT2D eigenvalue weighted by Gasteiger charge is -2.32. The summed E-state index contributed by atoms with van der Waals surface area (Å²) in [5, 5.41) is 1.05. The second-order valence-corrected chi connectivity index (χ2v) is 6.90. The average molecular weight is 315 g/mol. The third kappa shape index (κ3) is 1.39. The summed E-state index contributed by atoms with van der Waals surface area (Å²) in [6, 6.07) is 0. The van der Waals surface area contributed by atoms with Crippen molar-refractivity contribution < 1.29 is 12.8 Å². The molecule has 1 unspecified atom stereocenters. The number of rotatable bonds is 0. The Morgan fingerprint density at radius 1 is 1.41 bits per heavy atom. The largest absolute Gasteiger partial charge is 0.219 e. The van der Waals surface area contributed by atoms with Crippen molar-refractivity contribution in [2.24, 2.45) is 5.41 Å². The van der Waals surface area contributed by atoms with Gasteiger partial charge in [0, 0.05) is 15.5 Å². The molecule has 0 aromatic rings. The molecule has 1 aliphatic heterocycles. The molecule has 0 aromatic heterocycles. The van der Waals surface area contributed by atoms with Crippen molar-refractivity contribution in [2.45, 2.75) is 6.42 Å². The van der Waals surface area contributed by atoms with Gasteiger partial charge in [-0.1, -0.05) is 34.2 Å². The fraction of sp³-hybridized carbons (Fsp3) is 0.167. The van der Waals surface area contributed by atoms with Gasteiger partial charge in [-0.3, -0.25) is 0 Å². The van der Waals surface area contributed by atoms with E-state index in [1.54, 1.807) is 18.2 Å². The Bertz CT molecular complexity index is 665. The highest BCUT2D eigenvalue weighted by molar-refractivity contribution is 9.11. The van der Waals surface area contributed by atoms with Crippen molar-refractivity contribution in [3.63, 3.8) is 0 Å². The van der Waals surface area contributed by atoms with Gasteiger partial charge in [-0.05, 0) is 18.6 Å². The molecule has 2 aliphatic carbocycles.